The van der Waals surface area contributed by atoms with E-state index in [2.05, 4.69) is 41.1 Å². The van der Waals surface area contributed by atoms with Gasteiger partial charge in [-0.2, -0.15) is 0 Å². The fourth-order valence-electron chi connectivity index (χ4n) is 1.68. The summed E-state index contributed by atoms with van der Waals surface area (Å²) in [6.07, 6.45) is 8.76. The molecule has 3 N–H and O–H groups in total. The van der Waals surface area contributed by atoms with E-state index in [1.807, 2.05) is 26.0 Å². The van der Waals surface area contributed by atoms with Crippen molar-refractivity contribution in [2.75, 3.05) is 30.8 Å². The topological polar surface area (TPSA) is 60.4 Å². The van der Waals surface area contributed by atoms with Crippen LogP contribution in [0.25, 0.3) is 0 Å². The van der Waals surface area contributed by atoms with Crippen LogP contribution in [0.1, 0.15) is 66.7 Å². The predicted octanol–water partition coefficient (Wildman–Crippen LogP) is 5.08. The Balaban J connectivity index is 0.000000442. The van der Waals surface area contributed by atoms with Crippen LogP contribution in [0.15, 0.2) is 30.6 Å². The molecule has 0 saturated heterocycles. The van der Waals surface area contributed by atoms with E-state index in [9.17, 15) is 5.11 Å². The van der Waals surface area contributed by atoms with Crippen LogP contribution >= 0.6 is 0 Å². The first-order chi connectivity index (χ1) is 12.2. The first kappa shape index (κ1) is 24.2. The lowest BCUT2D eigenvalue weighted by atomic mass is 10.3. The second kappa shape index (κ2) is 13.5. The standard InChI is InChI=1S/C10H17N3O.C8H17N.C3H6/c1-4-11-8-5-6-9(12-7-8)13-10(2,3)14;1-5-6-7-9(4)8(2)3;1-2-3-1/h5-7,11,14H,4H2,1-3H3,(H,12,13);2,5-7H2,1,3-4H3;1-3H2. The lowest BCUT2D eigenvalue weighted by Crippen LogP contribution is -2.30. The average molecular weight is 365 g/mol. The van der Waals surface area contributed by atoms with E-state index in [0.717, 1.165) is 24.5 Å². The molecule has 1 aromatic rings. The number of allylic oxidation sites excluding steroid dienone is 1. The Morgan fingerprint density at radius 3 is 2.23 bits per heavy atom. The van der Waals surface area contributed by atoms with Crippen molar-refractivity contribution in [1.29, 1.82) is 0 Å². The maximum Gasteiger partial charge on any atom is 0.130 e. The van der Waals surface area contributed by atoms with Crippen LogP contribution in [-0.4, -0.2) is 40.9 Å². The van der Waals surface area contributed by atoms with E-state index in [0.29, 0.717) is 5.82 Å². The molecule has 5 nitrogen and oxygen atoms in total. The summed E-state index contributed by atoms with van der Waals surface area (Å²) < 4.78 is 0. The summed E-state index contributed by atoms with van der Waals surface area (Å²) in [5, 5.41) is 15.5. The SMILES string of the molecule is C1CC1.C=C(C)N(C)CCCC.CCNc1ccc(NC(C)(C)O)nc1. The number of unbranched alkanes of at least 4 members (excludes halogenated alkanes) is 1. The Bertz CT molecular complexity index is 475. The summed E-state index contributed by atoms with van der Waals surface area (Å²) in [4.78, 5) is 6.33. The molecular formula is C21H40N4O. The second-order valence-corrected chi connectivity index (χ2v) is 7.22. The van der Waals surface area contributed by atoms with Gasteiger partial charge in [-0.25, -0.2) is 4.98 Å². The first-order valence-corrected chi connectivity index (χ1v) is 9.76. The summed E-state index contributed by atoms with van der Waals surface area (Å²) >= 11 is 0. The molecule has 1 heterocycles. The van der Waals surface area contributed by atoms with Gasteiger partial charge in [0.25, 0.3) is 0 Å². The largest absolute Gasteiger partial charge is 0.384 e. The molecule has 0 spiro atoms. The number of nitrogens with one attached hydrogen (secondary N) is 2. The van der Waals surface area contributed by atoms with Crippen molar-refractivity contribution in [3.8, 4) is 0 Å². The summed E-state index contributed by atoms with van der Waals surface area (Å²) in [6.45, 7) is 15.5. The van der Waals surface area contributed by atoms with Crippen molar-refractivity contribution >= 4 is 11.5 Å². The van der Waals surface area contributed by atoms with E-state index >= 15 is 0 Å². The van der Waals surface area contributed by atoms with Gasteiger partial charge in [0.2, 0.25) is 0 Å². The molecule has 150 valence electrons. The predicted molar refractivity (Wildman–Crippen MR) is 115 cm³/mol. The Morgan fingerprint density at radius 2 is 1.88 bits per heavy atom. The second-order valence-electron chi connectivity index (χ2n) is 7.22. The van der Waals surface area contributed by atoms with Crippen LogP contribution in [-0.2, 0) is 0 Å². The normalized spacial score (nSPS) is 12.0. The van der Waals surface area contributed by atoms with Crippen LogP contribution < -0.4 is 10.6 Å². The minimum atomic E-state index is -0.938. The first-order valence-electron chi connectivity index (χ1n) is 9.76. The van der Waals surface area contributed by atoms with Gasteiger partial charge in [0, 0.05) is 25.8 Å². The molecule has 1 aliphatic rings. The fourth-order valence-corrected chi connectivity index (χ4v) is 1.68. The Kier molecular flexibility index (Phi) is 12.5. The van der Waals surface area contributed by atoms with Crippen molar-refractivity contribution in [2.24, 2.45) is 0 Å². The summed E-state index contributed by atoms with van der Waals surface area (Å²) in [6, 6.07) is 3.75. The number of hydrogen-bond donors (Lipinski definition) is 3. The van der Waals surface area contributed by atoms with Crippen LogP contribution in [0.2, 0.25) is 0 Å². The average Bonchev–Trinajstić information content (AvgIpc) is 3.42. The molecule has 5 heteroatoms. The number of aromatic nitrogens is 1. The van der Waals surface area contributed by atoms with E-state index in [1.54, 1.807) is 20.0 Å². The molecule has 2 rings (SSSR count). The molecule has 26 heavy (non-hydrogen) atoms. The summed E-state index contributed by atoms with van der Waals surface area (Å²) in [7, 11) is 2.08. The summed E-state index contributed by atoms with van der Waals surface area (Å²) in [5.74, 6) is 0.666. The zero-order valence-corrected chi connectivity index (χ0v) is 17.7. The van der Waals surface area contributed by atoms with Crippen LogP contribution in [0.3, 0.4) is 0 Å². The van der Waals surface area contributed by atoms with E-state index in [-0.39, 0.29) is 0 Å². The van der Waals surface area contributed by atoms with Gasteiger partial charge < -0.3 is 20.6 Å². The van der Waals surface area contributed by atoms with Crippen molar-refractivity contribution in [2.45, 2.75) is 72.4 Å². The van der Waals surface area contributed by atoms with Crippen LogP contribution in [0.4, 0.5) is 11.5 Å². The van der Waals surface area contributed by atoms with Crippen molar-refractivity contribution in [1.82, 2.24) is 9.88 Å². The van der Waals surface area contributed by atoms with Gasteiger partial charge in [-0.1, -0.05) is 39.2 Å². The minimum Gasteiger partial charge on any atom is -0.384 e. The molecule has 0 bridgehead atoms. The zero-order valence-electron chi connectivity index (χ0n) is 17.7. The van der Waals surface area contributed by atoms with Gasteiger partial charge in [-0.05, 0) is 46.2 Å². The highest BCUT2D eigenvalue weighted by Crippen LogP contribution is 2.15. The molecule has 0 aromatic carbocycles. The smallest absolute Gasteiger partial charge is 0.130 e. The molecule has 0 unspecified atom stereocenters. The number of nitrogens with zero attached hydrogens (tertiary/aromatic N) is 2. The van der Waals surface area contributed by atoms with Gasteiger partial charge in [0.05, 0.1) is 11.9 Å². The van der Waals surface area contributed by atoms with E-state index in [1.165, 1.54) is 32.1 Å². The van der Waals surface area contributed by atoms with Crippen molar-refractivity contribution < 1.29 is 5.11 Å². The van der Waals surface area contributed by atoms with Gasteiger partial charge in [0.1, 0.15) is 11.5 Å². The molecule has 1 saturated carbocycles. The summed E-state index contributed by atoms with van der Waals surface area (Å²) in [5.41, 5.74) is 1.20. The number of pyridine rings is 1. The number of hydrogen-bond acceptors (Lipinski definition) is 5. The molecule has 0 amide bonds. The minimum absolute atomic E-state index is 0.666. The van der Waals surface area contributed by atoms with Gasteiger partial charge >= 0.3 is 0 Å². The van der Waals surface area contributed by atoms with Gasteiger partial charge in [-0.15, -0.1) is 0 Å². The van der Waals surface area contributed by atoms with Crippen LogP contribution in [0.5, 0.6) is 0 Å². The molecular weight excluding hydrogens is 324 g/mol. The zero-order chi connectivity index (χ0) is 20.0. The third-order valence-corrected chi connectivity index (χ3v) is 3.43. The maximum absolute atomic E-state index is 9.48. The van der Waals surface area contributed by atoms with Crippen molar-refractivity contribution in [3.63, 3.8) is 0 Å². The van der Waals surface area contributed by atoms with Crippen LogP contribution in [0, 0.1) is 0 Å². The molecule has 0 atom stereocenters. The lowest BCUT2D eigenvalue weighted by Gasteiger charge is -2.19. The van der Waals surface area contributed by atoms with Gasteiger partial charge in [-0.3, -0.25) is 0 Å². The highest BCUT2D eigenvalue weighted by Gasteiger charge is 2.11. The highest BCUT2D eigenvalue weighted by molar-refractivity contribution is 5.47. The maximum atomic E-state index is 9.48. The highest BCUT2D eigenvalue weighted by atomic mass is 16.3. The Labute approximate surface area is 160 Å². The lowest BCUT2D eigenvalue weighted by molar-refractivity contribution is 0.111. The Hall–Kier alpha value is -1.75. The molecule has 1 fully saturated rings. The quantitative estimate of drug-likeness (QED) is 0.562. The fraction of sp³-hybridized carbons (Fsp3) is 0.667. The van der Waals surface area contributed by atoms with E-state index < -0.39 is 5.72 Å². The van der Waals surface area contributed by atoms with Crippen molar-refractivity contribution in [3.05, 3.63) is 30.6 Å². The molecule has 1 aromatic heterocycles. The molecule has 0 radical (unpaired) electrons. The Morgan fingerprint density at radius 1 is 1.27 bits per heavy atom. The number of anilines is 2. The van der Waals surface area contributed by atoms with Gasteiger partial charge in [0.15, 0.2) is 0 Å². The third kappa shape index (κ3) is 15.8. The number of rotatable bonds is 8. The third-order valence-electron chi connectivity index (χ3n) is 3.43. The van der Waals surface area contributed by atoms with E-state index in [4.69, 9.17) is 0 Å². The monoisotopic (exact) mass is 364 g/mol. The molecule has 1 aliphatic carbocycles. The number of aliphatic hydroxyl groups is 1. The molecule has 0 aliphatic heterocycles.